The van der Waals surface area contributed by atoms with Crippen LogP contribution >= 0.6 is 0 Å². The SMILES string of the molecule is CCCC(=C1C=C(C(C)(C)C)C(=O)C(C(C)(C)C)=C1)c1cc(C(C)(C)C)c(O)c(C(C)(C)C)c1. The first kappa shape index (κ1) is 28.1. The van der Waals surface area contributed by atoms with E-state index in [0.717, 1.165) is 46.3 Å². The molecule has 2 nitrogen and oxygen atoms in total. The molecule has 0 saturated carbocycles. The number of phenols is 1. The number of hydrogen-bond acceptors (Lipinski definition) is 2. The van der Waals surface area contributed by atoms with Crippen LogP contribution in [0.2, 0.25) is 0 Å². The van der Waals surface area contributed by atoms with Crippen molar-refractivity contribution in [2.24, 2.45) is 10.8 Å². The van der Waals surface area contributed by atoms with E-state index in [1.807, 2.05) is 0 Å². The van der Waals surface area contributed by atoms with E-state index in [1.165, 1.54) is 5.57 Å². The molecule has 0 bridgehead atoms. The number of hydrogen-bond donors (Lipinski definition) is 1. The lowest BCUT2D eigenvalue weighted by Gasteiger charge is -2.32. The number of carbonyl (C=O) groups excluding carboxylic acids is 1. The second-order valence-corrected chi connectivity index (χ2v) is 14.0. The lowest BCUT2D eigenvalue weighted by molar-refractivity contribution is -0.114. The summed E-state index contributed by atoms with van der Waals surface area (Å²) in [5, 5.41) is 11.3. The maximum absolute atomic E-state index is 13.5. The van der Waals surface area contributed by atoms with E-state index in [0.29, 0.717) is 5.75 Å². The van der Waals surface area contributed by atoms with Gasteiger partial charge in [0.05, 0.1) is 0 Å². The van der Waals surface area contributed by atoms with Crippen LogP contribution in [0.3, 0.4) is 0 Å². The highest BCUT2D eigenvalue weighted by atomic mass is 16.3. The van der Waals surface area contributed by atoms with Crippen molar-refractivity contribution in [2.45, 2.75) is 114 Å². The fourth-order valence-corrected chi connectivity index (χ4v) is 4.57. The molecule has 2 heteroatoms. The average molecular weight is 465 g/mol. The fraction of sp³-hybridized carbons (Fsp3) is 0.594. The molecule has 0 aromatic heterocycles. The van der Waals surface area contributed by atoms with Crippen molar-refractivity contribution in [2.75, 3.05) is 0 Å². The van der Waals surface area contributed by atoms with Crippen molar-refractivity contribution in [1.29, 1.82) is 0 Å². The number of aromatic hydroxyl groups is 1. The van der Waals surface area contributed by atoms with Crippen LogP contribution < -0.4 is 0 Å². The second-order valence-electron chi connectivity index (χ2n) is 14.0. The summed E-state index contributed by atoms with van der Waals surface area (Å²) >= 11 is 0. The van der Waals surface area contributed by atoms with Gasteiger partial charge in [0.1, 0.15) is 5.75 Å². The van der Waals surface area contributed by atoms with Crippen molar-refractivity contribution in [1.82, 2.24) is 0 Å². The number of rotatable bonds is 3. The Labute approximate surface area is 209 Å². The molecule has 34 heavy (non-hydrogen) atoms. The van der Waals surface area contributed by atoms with Gasteiger partial charge < -0.3 is 5.11 Å². The summed E-state index contributed by atoms with van der Waals surface area (Å²) in [6.07, 6.45) is 6.16. The summed E-state index contributed by atoms with van der Waals surface area (Å²) in [5.41, 5.74) is 6.33. The van der Waals surface area contributed by atoms with Gasteiger partial charge in [0.25, 0.3) is 0 Å². The molecule has 0 spiro atoms. The van der Waals surface area contributed by atoms with Gasteiger partial charge in [-0.1, -0.05) is 96.4 Å². The number of carbonyl (C=O) groups is 1. The summed E-state index contributed by atoms with van der Waals surface area (Å²) < 4.78 is 0. The van der Waals surface area contributed by atoms with Crippen molar-refractivity contribution in [3.8, 4) is 5.75 Å². The molecule has 1 aliphatic rings. The van der Waals surface area contributed by atoms with E-state index in [4.69, 9.17) is 0 Å². The second kappa shape index (κ2) is 9.17. The Morgan fingerprint density at radius 1 is 0.706 bits per heavy atom. The van der Waals surface area contributed by atoms with Gasteiger partial charge >= 0.3 is 0 Å². The van der Waals surface area contributed by atoms with Gasteiger partial charge in [-0.2, -0.15) is 0 Å². The fourth-order valence-electron chi connectivity index (χ4n) is 4.57. The van der Waals surface area contributed by atoms with Crippen LogP contribution in [0.5, 0.6) is 5.75 Å². The zero-order valence-electron chi connectivity index (χ0n) is 24.1. The molecule has 0 radical (unpaired) electrons. The average Bonchev–Trinajstić information content (AvgIpc) is 2.63. The molecule has 0 aliphatic heterocycles. The van der Waals surface area contributed by atoms with Crippen LogP contribution in [-0.2, 0) is 15.6 Å². The lowest BCUT2D eigenvalue weighted by atomic mass is 9.71. The van der Waals surface area contributed by atoms with E-state index in [-0.39, 0.29) is 27.4 Å². The van der Waals surface area contributed by atoms with Gasteiger partial charge in [-0.3, -0.25) is 4.79 Å². The molecule has 0 fully saturated rings. The molecule has 0 saturated heterocycles. The Balaban J connectivity index is 3.02. The molecule has 0 heterocycles. The largest absolute Gasteiger partial charge is 0.507 e. The first-order valence-corrected chi connectivity index (χ1v) is 12.8. The monoisotopic (exact) mass is 464 g/mol. The Hall–Kier alpha value is -2.09. The smallest absolute Gasteiger partial charge is 0.186 e. The van der Waals surface area contributed by atoms with Gasteiger partial charge in [-0.15, -0.1) is 0 Å². The van der Waals surface area contributed by atoms with Crippen molar-refractivity contribution in [3.63, 3.8) is 0 Å². The van der Waals surface area contributed by atoms with Gasteiger partial charge in [-0.05, 0) is 69.1 Å². The number of ketones is 1. The molecule has 0 atom stereocenters. The molecular formula is C32H48O2. The first-order chi connectivity index (χ1) is 15.2. The summed E-state index contributed by atoms with van der Waals surface area (Å²) in [4.78, 5) is 13.5. The zero-order valence-corrected chi connectivity index (χ0v) is 24.1. The van der Waals surface area contributed by atoms with E-state index < -0.39 is 0 Å². The lowest BCUT2D eigenvalue weighted by Crippen LogP contribution is -2.28. The highest BCUT2D eigenvalue weighted by Gasteiger charge is 2.35. The van der Waals surface area contributed by atoms with Crippen molar-refractivity contribution < 1.29 is 9.90 Å². The number of phenolic OH excluding ortho intramolecular Hbond substituents is 1. The molecule has 1 N–H and O–H groups in total. The topological polar surface area (TPSA) is 37.3 Å². The maximum Gasteiger partial charge on any atom is 0.186 e. The van der Waals surface area contributed by atoms with Crippen LogP contribution in [-0.4, -0.2) is 10.9 Å². The summed E-state index contributed by atoms with van der Waals surface area (Å²) in [6, 6.07) is 4.35. The van der Waals surface area contributed by atoms with Gasteiger partial charge in [0.15, 0.2) is 5.78 Å². The Morgan fingerprint density at radius 3 is 1.38 bits per heavy atom. The third-order valence-electron chi connectivity index (χ3n) is 6.63. The van der Waals surface area contributed by atoms with Crippen LogP contribution in [0, 0.1) is 10.8 Å². The van der Waals surface area contributed by atoms with E-state index in [2.05, 4.69) is 114 Å². The predicted octanol–water partition coefficient (Wildman–Crippen LogP) is 9.07. The van der Waals surface area contributed by atoms with Gasteiger partial charge in [0.2, 0.25) is 0 Å². The van der Waals surface area contributed by atoms with Crippen molar-refractivity contribution in [3.05, 3.63) is 57.7 Å². The number of allylic oxidation sites excluding steroid dienone is 6. The molecule has 2 rings (SSSR count). The van der Waals surface area contributed by atoms with Crippen LogP contribution in [0.15, 0.2) is 41.0 Å². The number of benzene rings is 1. The minimum Gasteiger partial charge on any atom is -0.507 e. The molecule has 1 aromatic carbocycles. The Morgan fingerprint density at radius 2 is 1.09 bits per heavy atom. The van der Waals surface area contributed by atoms with Gasteiger partial charge in [0, 0.05) is 22.3 Å². The van der Waals surface area contributed by atoms with E-state index in [9.17, 15) is 9.90 Å². The minimum atomic E-state index is -0.244. The summed E-state index contributed by atoms with van der Waals surface area (Å²) in [5.74, 6) is 0.566. The zero-order chi connectivity index (χ0) is 26.4. The van der Waals surface area contributed by atoms with Gasteiger partial charge in [-0.25, -0.2) is 0 Å². The number of Topliss-reactive ketones (excluding diaryl/α,β-unsaturated/α-hetero) is 1. The highest BCUT2D eigenvalue weighted by molar-refractivity contribution is 6.12. The summed E-state index contributed by atoms with van der Waals surface area (Å²) in [7, 11) is 0. The van der Waals surface area contributed by atoms with Crippen LogP contribution in [0.25, 0.3) is 5.57 Å². The molecule has 0 unspecified atom stereocenters. The minimum absolute atomic E-state index is 0.163. The Kier molecular flexibility index (Phi) is 7.59. The third-order valence-corrected chi connectivity index (χ3v) is 6.63. The molecule has 1 aromatic rings. The standard InChI is InChI=1S/C32H48O2/c1-14-15-22(20-16-23(29(2,3)4)27(33)24(17-20)30(5,6)7)21-18-25(31(8,9)10)28(34)26(19-21)32(11,12)13/h16-19,33H,14-15H2,1-13H3. The normalized spacial score (nSPS) is 15.9. The van der Waals surface area contributed by atoms with Crippen LogP contribution in [0.4, 0.5) is 0 Å². The van der Waals surface area contributed by atoms with Crippen LogP contribution in [0.1, 0.15) is 120 Å². The third kappa shape index (κ3) is 5.93. The molecular weight excluding hydrogens is 416 g/mol. The molecule has 188 valence electrons. The quantitative estimate of drug-likeness (QED) is 0.484. The Bertz CT molecular complexity index is 975. The molecule has 0 amide bonds. The van der Waals surface area contributed by atoms with E-state index in [1.54, 1.807) is 0 Å². The highest BCUT2D eigenvalue weighted by Crippen LogP contribution is 2.44. The van der Waals surface area contributed by atoms with Crippen molar-refractivity contribution >= 4 is 11.4 Å². The van der Waals surface area contributed by atoms with E-state index >= 15 is 0 Å². The predicted molar refractivity (Wildman–Crippen MR) is 147 cm³/mol. The first-order valence-electron chi connectivity index (χ1n) is 12.8. The maximum atomic E-state index is 13.5. The molecule has 1 aliphatic carbocycles. The summed E-state index contributed by atoms with van der Waals surface area (Å²) in [6.45, 7) is 27.8.